The van der Waals surface area contributed by atoms with E-state index in [0.717, 1.165) is 12.0 Å². The van der Waals surface area contributed by atoms with Gasteiger partial charge in [-0.15, -0.1) is 0 Å². The summed E-state index contributed by atoms with van der Waals surface area (Å²) >= 11 is 0. The van der Waals surface area contributed by atoms with Gasteiger partial charge in [-0.1, -0.05) is 0 Å². The fourth-order valence-electron chi connectivity index (χ4n) is 2.77. The molecule has 3 rings (SSSR count). The molecule has 0 fully saturated rings. The number of aromatic nitrogens is 2. The lowest BCUT2D eigenvalue weighted by atomic mass is 9.99. The Morgan fingerprint density at radius 2 is 1.92 bits per heavy atom. The van der Waals surface area contributed by atoms with Gasteiger partial charge in [0.1, 0.15) is 11.6 Å². The first-order valence-corrected chi connectivity index (χ1v) is 7.70. The third-order valence-corrected chi connectivity index (χ3v) is 4.02. The molecule has 0 bridgehead atoms. The molecule has 1 aliphatic heterocycles. The standard InChI is InChI=1S/C17H20N4O3/c1-11-18-6-4-16(19-11)20-17(22)21-7-5-12-8-14(23-2)15(24-3)9-13(12)10-21/h4,6,8-9H,5,7,10H2,1-3H3,(H,18,19,20,22). The van der Waals surface area contributed by atoms with Gasteiger partial charge in [0, 0.05) is 19.3 Å². The van der Waals surface area contributed by atoms with E-state index in [0.29, 0.717) is 36.2 Å². The van der Waals surface area contributed by atoms with E-state index in [1.54, 1.807) is 38.3 Å². The Hall–Kier alpha value is -2.83. The van der Waals surface area contributed by atoms with Crippen molar-refractivity contribution in [3.63, 3.8) is 0 Å². The second-order valence-corrected chi connectivity index (χ2v) is 5.57. The lowest BCUT2D eigenvalue weighted by Crippen LogP contribution is -2.39. The van der Waals surface area contributed by atoms with Crippen molar-refractivity contribution in [3.05, 3.63) is 41.3 Å². The minimum atomic E-state index is -0.173. The van der Waals surface area contributed by atoms with Gasteiger partial charge in [-0.25, -0.2) is 14.8 Å². The fourth-order valence-corrected chi connectivity index (χ4v) is 2.77. The average Bonchev–Trinajstić information content (AvgIpc) is 2.59. The van der Waals surface area contributed by atoms with E-state index >= 15 is 0 Å². The summed E-state index contributed by atoms with van der Waals surface area (Å²) in [6.45, 7) is 2.94. The van der Waals surface area contributed by atoms with Crippen LogP contribution in [0.4, 0.5) is 10.6 Å². The van der Waals surface area contributed by atoms with Crippen molar-refractivity contribution in [3.8, 4) is 11.5 Å². The Labute approximate surface area is 140 Å². The van der Waals surface area contributed by atoms with E-state index < -0.39 is 0 Å². The molecule has 1 aromatic heterocycles. The number of ether oxygens (including phenoxy) is 2. The van der Waals surface area contributed by atoms with Gasteiger partial charge in [0.25, 0.3) is 0 Å². The van der Waals surface area contributed by atoms with E-state index in [4.69, 9.17) is 9.47 Å². The summed E-state index contributed by atoms with van der Waals surface area (Å²) in [6.07, 6.45) is 2.40. The van der Waals surface area contributed by atoms with Crippen LogP contribution >= 0.6 is 0 Å². The summed E-state index contributed by atoms with van der Waals surface area (Å²) in [5.41, 5.74) is 2.24. The quantitative estimate of drug-likeness (QED) is 0.936. The maximum Gasteiger partial charge on any atom is 0.323 e. The molecule has 24 heavy (non-hydrogen) atoms. The Kier molecular flexibility index (Phi) is 4.50. The molecule has 2 heterocycles. The molecule has 0 spiro atoms. The molecule has 0 saturated carbocycles. The molecule has 126 valence electrons. The minimum absolute atomic E-state index is 0.173. The Morgan fingerprint density at radius 3 is 2.58 bits per heavy atom. The predicted molar refractivity (Wildman–Crippen MR) is 89.4 cm³/mol. The van der Waals surface area contributed by atoms with E-state index in [1.165, 1.54) is 5.56 Å². The average molecular weight is 328 g/mol. The first-order chi connectivity index (χ1) is 11.6. The number of nitrogens with zero attached hydrogens (tertiary/aromatic N) is 3. The van der Waals surface area contributed by atoms with Crippen molar-refractivity contribution in [2.75, 3.05) is 26.1 Å². The molecule has 1 N–H and O–H groups in total. The molecular weight excluding hydrogens is 308 g/mol. The highest BCUT2D eigenvalue weighted by Crippen LogP contribution is 2.33. The van der Waals surface area contributed by atoms with E-state index in [-0.39, 0.29) is 6.03 Å². The van der Waals surface area contributed by atoms with Crippen LogP contribution in [0.1, 0.15) is 17.0 Å². The van der Waals surface area contributed by atoms with Gasteiger partial charge in [-0.05, 0) is 42.7 Å². The van der Waals surface area contributed by atoms with E-state index in [9.17, 15) is 4.79 Å². The number of aryl methyl sites for hydroxylation is 1. The highest BCUT2D eigenvalue weighted by atomic mass is 16.5. The van der Waals surface area contributed by atoms with Gasteiger partial charge >= 0.3 is 6.03 Å². The third kappa shape index (κ3) is 3.24. The van der Waals surface area contributed by atoms with Crippen molar-refractivity contribution >= 4 is 11.8 Å². The smallest absolute Gasteiger partial charge is 0.323 e. The topological polar surface area (TPSA) is 76.6 Å². The highest BCUT2D eigenvalue weighted by molar-refractivity contribution is 5.88. The monoisotopic (exact) mass is 328 g/mol. The maximum absolute atomic E-state index is 12.5. The fraction of sp³-hybridized carbons (Fsp3) is 0.353. The molecule has 0 saturated heterocycles. The summed E-state index contributed by atoms with van der Waals surface area (Å²) in [6, 6.07) is 5.42. The van der Waals surface area contributed by atoms with Crippen LogP contribution in [0.25, 0.3) is 0 Å². The lowest BCUT2D eigenvalue weighted by molar-refractivity contribution is 0.206. The van der Waals surface area contributed by atoms with Gasteiger partial charge in [0.2, 0.25) is 0 Å². The van der Waals surface area contributed by atoms with Crippen LogP contribution in [0.2, 0.25) is 0 Å². The van der Waals surface area contributed by atoms with Gasteiger partial charge in [0.15, 0.2) is 11.5 Å². The zero-order valence-electron chi connectivity index (χ0n) is 14.0. The van der Waals surface area contributed by atoms with Crippen LogP contribution < -0.4 is 14.8 Å². The van der Waals surface area contributed by atoms with Crippen molar-refractivity contribution < 1.29 is 14.3 Å². The molecule has 0 atom stereocenters. The molecule has 2 amide bonds. The number of nitrogens with one attached hydrogen (secondary N) is 1. The molecule has 7 nitrogen and oxygen atoms in total. The normalized spacial score (nSPS) is 13.2. The summed E-state index contributed by atoms with van der Waals surface area (Å²) in [7, 11) is 3.23. The summed E-state index contributed by atoms with van der Waals surface area (Å²) in [4.78, 5) is 22.4. The second-order valence-electron chi connectivity index (χ2n) is 5.57. The van der Waals surface area contributed by atoms with Gasteiger partial charge < -0.3 is 14.4 Å². The number of hydrogen-bond donors (Lipinski definition) is 1. The second kappa shape index (κ2) is 6.74. The highest BCUT2D eigenvalue weighted by Gasteiger charge is 2.23. The SMILES string of the molecule is COc1cc2c(cc1OC)CN(C(=O)Nc1ccnc(C)n1)CC2. The molecule has 1 aromatic carbocycles. The molecule has 0 aliphatic carbocycles. The molecule has 1 aliphatic rings. The first kappa shape index (κ1) is 16.0. The summed E-state index contributed by atoms with van der Waals surface area (Å²) in [5, 5.41) is 2.81. The number of fused-ring (bicyclic) bond motifs is 1. The van der Waals surface area contributed by atoms with Crippen molar-refractivity contribution in [1.82, 2.24) is 14.9 Å². The van der Waals surface area contributed by atoms with Gasteiger partial charge in [0.05, 0.1) is 14.2 Å². The number of benzene rings is 1. The number of amides is 2. The number of carbonyl (C=O) groups is 1. The van der Waals surface area contributed by atoms with Crippen LogP contribution in [0.3, 0.4) is 0 Å². The van der Waals surface area contributed by atoms with Crippen LogP contribution in [0.15, 0.2) is 24.4 Å². The molecule has 7 heteroatoms. The van der Waals surface area contributed by atoms with Crippen LogP contribution in [0.5, 0.6) is 11.5 Å². The third-order valence-electron chi connectivity index (χ3n) is 4.02. The Balaban J connectivity index is 1.75. The largest absolute Gasteiger partial charge is 0.493 e. The summed E-state index contributed by atoms with van der Waals surface area (Å²) < 4.78 is 10.7. The van der Waals surface area contributed by atoms with E-state index in [2.05, 4.69) is 15.3 Å². The lowest BCUT2D eigenvalue weighted by Gasteiger charge is -2.29. The predicted octanol–water partition coefficient (Wildman–Crippen LogP) is 2.39. The number of urea groups is 1. The van der Waals surface area contributed by atoms with Crippen LogP contribution in [-0.4, -0.2) is 41.7 Å². The van der Waals surface area contributed by atoms with E-state index in [1.807, 2.05) is 12.1 Å². The molecular formula is C17H20N4O3. The Bertz CT molecular complexity index is 763. The number of methoxy groups -OCH3 is 2. The van der Waals surface area contributed by atoms with Crippen molar-refractivity contribution in [2.45, 2.75) is 19.9 Å². The first-order valence-electron chi connectivity index (χ1n) is 7.70. The zero-order chi connectivity index (χ0) is 17.1. The van der Waals surface area contributed by atoms with Crippen molar-refractivity contribution in [2.24, 2.45) is 0 Å². The number of hydrogen-bond acceptors (Lipinski definition) is 5. The van der Waals surface area contributed by atoms with Crippen molar-refractivity contribution in [1.29, 1.82) is 0 Å². The number of carbonyl (C=O) groups excluding carboxylic acids is 1. The molecule has 0 unspecified atom stereocenters. The Morgan fingerprint density at radius 1 is 1.21 bits per heavy atom. The van der Waals surface area contributed by atoms with Gasteiger partial charge in [-0.2, -0.15) is 0 Å². The maximum atomic E-state index is 12.5. The molecule has 0 radical (unpaired) electrons. The zero-order valence-corrected chi connectivity index (χ0v) is 14.0. The van der Waals surface area contributed by atoms with Crippen LogP contribution in [0, 0.1) is 6.92 Å². The number of anilines is 1. The summed E-state index contributed by atoms with van der Waals surface area (Å²) in [5.74, 6) is 2.51. The molecule has 2 aromatic rings. The minimum Gasteiger partial charge on any atom is -0.493 e. The van der Waals surface area contributed by atoms with Gasteiger partial charge in [-0.3, -0.25) is 5.32 Å². The van der Waals surface area contributed by atoms with Crippen LogP contribution in [-0.2, 0) is 13.0 Å². The number of rotatable bonds is 3.